The van der Waals surface area contributed by atoms with E-state index in [1.807, 2.05) is 13.0 Å². The van der Waals surface area contributed by atoms with Gasteiger partial charge in [-0.15, -0.1) is 0 Å². The lowest BCUT2D eigenvalue weighted by Gasteiger charge is -2.16. The van der Waals surface area contributed by atoms with E-state index in [2.05, 4.69) is 0 Å². The van der Waals surface area contributed by atoms with Crippen LogP contribution in [0.2, 0.25) is 0 Å². The van der Waals surface area contributed by atoms with Gasteiger partial charge in [-0.3, -0.25) is 0 Å². The molecule has 0 aromatic heterocycles. The van der Waals surface area contributed by atoms with Gasteiger partial charge in [0.05, 0.1) is 5.56 Å². The van der Waals surface area contributed by atoms with Crippen molar-refractivity contribution in [3.63, 3.8) is 0 Å². The summed E-state index contributed by atoms with van der Waals surface area (Å²) in [6, 6.07) is 11.8. The standard InChI is InChI=1S/C15H14F3NO/c1-10(11-3-2-4-13(19)9-11)20-14-7-5-12(6-8-14)15(16,17)18/h2-10H,19H2,1H3. The van der Waals surface area contributed by atoms with Crippen LogP contribution in [0.5, 0.6) is 5.75 Å². The van der Waals surface area contributed by atoms with Crippen molar-refractivity contribution in [3.8, 4) is 5.75 Å². The zero-order valence-corrected chi connectivity index (χ0v) is 10.8. The van der Waals surface area contributed by atoms with Gasteiger partial charge in [0, 0.05) is 5.69 Å². The minimum atomic E-state index is -4.34. The number of halogens is 3. The highest BCUT2D eigenvalue weighted by atomic mass is 19.4. The number of rotatable bonds is 3. The number of ether oxygens (including phenoxy) is 1. The molecule has 0 radical (unpaired) electrons. The maximum atomic E-state index is 12.4. The molecule has 2 nitrogen and oxygen atoms in total. The molecule has 5 heteroatoms. The van der Waals surface area contributed by atoms with Crippen LogP contribution in [0.4, 0.5) is 18.9 Å². The second-order valence-corrected chi connectivity index (χ2v) is 4.45. The molecular weight excluding hydrogens is 267 g/mol. The lowest BCUT2D eigenvalue weighted by atomic mass is 10.1. The molecule has 2 aromatic carbocycles. The van der Waals surface area contributed by atoms with Crippen LogP contribution in [0.15, 0.2) is 48.5 Å². The lowest BCUT2D eigenvalue weighted by molar-refractivity contribution is -0.137. The first-order valence-electron chi connectivity index (χ1n) is 6.05. The summed E-state index contributed by atoms with van der Waals surface area (Å²) in [7, 11) is 0. The van der Waals surface area contributed by atoms with E-state index in [-0.39, 0.29) is 6.10 Å². The van der Waals surface area contributed by atoms with E-state index in [1.165, 1.54) is 12.1 Å². The van der Waals surface area contributed by atoms with Crippen LogP contribution >= 0.6 is 0 Å². The van der Waals surface area contributed by atoms with Crippen LogP contribution in [0.3, 0.4) is 0 Å². The monoisotopic (exact) mass is 281 g/mol. The van der Waals surface area contributed by atoms with Crippen molar-refractivity contribution in [2.75, 3.05) is 5.73 Å². The Morgan fingerprint density at radius 1 is 1.05 bits per heavy atom. The molecule has 0 fully saturated rings. The number of alkyl halides is 3. The van der Waals surface area contributed by atoms with Crippen LogP contribution in [0, 0.1) is 0 Å². The molecule has 20 heavy (non-hydrogen) atoms. The van der Waals surface area contributed by atoms with Gasteiger partial charge < -0.3 is 10.5 Å². The predicted molar refractivity (Wildman–Crippen MR) is 71.3 cm³/mol. The molecule has 2 rings (SSSR count). The summed E-state index contributed by atoms with van der Waals surface area (Å²) in [6.07, 6.45) is -4.63. The molecule has 0 heterocycles. The predicted octanol–water partition coefficient (Wildman–Crippen LogP) is 4.43. The molecule has 0 aliphatic rings. The van der Waals surface area contributed by atoms with E-state index >= 15 is 0 Å². The van der Waals surface area contributed by atoms with Crippen LogP contribution < -0.4 is 10.5 Å². The van der Waals surface area contributed by atoms with Crippen molar-refractivity contribution in [1.82, 2.24) is 0 Å². The molecule has 0 bridgehead atoms. The Bertz CT molecular complexity index is 578. The van der Waals surface area contributed by atoms with Crippen molar-refractivity contribution >= 4 is 5.69 Å². The fraction of sp³-hybridized carbons (Fsp3) is 0.200. The summed E-state index contributed by atoms with van der Waals surface area (Å²) in [4.78, 5) is 0. The lowest BCUT2D eigenvalue weighted by Crippen LogP contribution is -2.06. The molecule has 2 N–H and O–H groups in total. The van der Waals surface area contributed by atoms with Gasteiger partial charge in [-0.25, -0.2) is 0 Å². The Balaban J connectivity index is 2.10. The Kier molecular flexibility index (Phi) is 3.88. The van der Waals surface area contributed by atoms with Gasteiger partial charge in [-0.2, -0.15) is 13.2 Å². The van der Waals surface area contributed by atoms with E-state index < -0.39 is 11.7 Å². The largest absolute Gasteiger partial charge is 0.486 e. The molecule has 2 aromatic rings. The van der Waals surface area contributed by atoms with E-state index in [0.29, 0.717) is 11.4 Å². The van der Waals surface area contributed by atoms with Crippen molar-refractivity contribution in [3.05, 3.63) is 59.7 Å². The number of nitrogens with two attached hydrogens (primary N) is 1. The zero-order chi connectivity index (χ0) is 14.8. The summed E-state index contributed by atoms with van der Waals surface area (Å²) < 4.78 is 42.9. The topological polar surface area (TPSA) is 35.2 Å². The van der Waals surface area contributed by atoms with Crippen LogP contribution in [0.25, 0.3) is 0 Å². The Labute approximate surface area is 115 Å². The minimum absolute atomic E-state index is 0.296. The smallest absolute Gasteiger partial charge is 0.416 e. The average Bonchev–Trinajstić information content (AvgIpc) is 2.38. The number of hydrogen-bond acceptors (Lipinski definition) is 2. The summed E-state index contributed by atoms with van der Waals surface area (Å²) in [6.45, 7) is 1.81. The van der Waals surface area contributed by atoms with Crippen molar-refractivity contribution in [2.45, 2.75) is 19.2 Å². The SMILES string of the molecule is CC(Oc1ccc(C(F)(F)F)cc1)c1cccc(N)c1. The summed E-state index contributed by atoms with van der Waals surface area (Å²) in [5, 5.41) is 0. The second-order valence-electron chi connectivity index (χ2n) is 4.45. The third-order valence-electron chi connectivity index (χ3n) is 2.87. The molecule has 0 saturated heterocycles. The fourth-order valence-electron chi connectivity index (χ4n) is 1.81. The maximum absolute atomic E-state index is 12.4. The molecule has 1 unspecified atom stereocenters. The molecule has 0 amide bonds. The minimum Gasteiger partial charge on any atom is -0.486 e. The van der Waals surface area contributed by atoms with Gasteiger partial charge in [0.1, 0.15) is 11.9 Å². The Morgan fingerprint density at radius 3 is 2.25 bits per heavy atom. The first-order valence-corrected chi connectivity index (χ1v) is 6.05. The first kappa shape index (κ1) is 14.2. The quantitative estimate of drug-likeness (QED) is 0.845. The first-order chi connectivity index (χ1) is 9.36. The average molecular weight is 281 g/mol. The molecule has 1 atom stereocenters. The second kappa shape index (κ2) is 5.45. The summed E-state index contributed by atoms with van der Waals surface area (Å²) in [5.41, 5.74) is 6.47. The van der Waals surface area contributed by atoms with Crippen LogP contribution in [-0.4, -0.2) is 0 Å². The van der Waals surface area contributed by atoms with E-state index in [4.69, 9.17) is 10.5 Å². The van der Waals surface area contributed by atoms with Gasteiger partial charge in [0.25, 0.3) is 0 Å². The highest BCUT2D eigenvalue weighted by Gasteiger charge is 2.30. The number of hydrogen-bond donors (Lipinski definition) is 1. The van der Waals surface area contributed by atoms with Gasteiger partial charge in [-0.1, -0.05) is 12.1 Å². The van der Waals surface area contributed by atoms with Crippen molar-refractivity contribution in [2.24, 2.45) is 0 Å². The fourth-order valence-corrected chi connectivity index (χ4v) is 1.81. The normalized spacial score (nSPS) is 13.0. The molecule has 0 aliphatic carbocycles. The van der Waals surface area contributed by atoms with Crippen molar-refractivity contribution < 1.29 is 17.9 Å². The van der Waals surface area contributed by atoms with Crippen molar-refractivity contribution in [1.29, 1.82) is 0 Å². The third-order valence-corrected chi connectivity index (χ3v) is 2.87. The highest BCUT2D eigenvalue weighted by Crippen LogP contribution is 2.31. The van der Waals surface area contributed by atoms with Gasteiger partial charge in [0.15, 0.2) is 0 Å². The van der Waals surface area contributed by atoms with Gasteiger partial charge in [-0.05, 0) is 48.9 Å². The van der Waals surface area contributed by atoms with Gasteiger partial charge in [0.2, 0.25) is 0 Å². The number of anilines is 1. The molecular formula is C15H14F3NO. The van der Waals surface area contributed by atoms with E-state index in [0.717, 1.165) is 17.7 Å². The third kappa shape index (κ3) is 3.44. The van der Waals surface area contributed by atoms with E-state index in [9.17, 15) is 13.2 Å². The molecule has 0 aliphatic heterocycles. The molecule has 0 saturated carbocycles. The highest BCUT2D eigenvalue weighted by molar-refractivity contribution is 5.41. The Hall–Kier alpha value is -2.17. The number of benzene rings is 2. The zero-order valence-electron chi connectivity index (χ0n) is 10.8. The van der Waals surface area contributed by atoms with Crippen LogP contribution in [-0.2, 0) is 6.18 Å². The van der Waals surface area contributed by atoms with E-state index in [1.54, 1.807) is 18.2 Å². The summed E-state index contributed by atoms with van der Waals surface area (Å²) in [5.74, 6) is 0.382. The van der Waals surface area contributed by atoms with Crippen LogP contribution in [0.1, 0.15) is 24.2 Å². The maximum Gasteiger partial charge on any atom is 0.416 e. The molecule has 0 spiro atoms. The molecule has 106 valence electrons. The summed E-state index contributed by atoms with van der Waals surface area (Å²) >= 11 is 0. The number of nitrogen functional groups attached to an aromatic ring is 1. The Morgan fingerprint density at radius 2 is 1.70 bits per heavy atom. The van der Waals surface area contributed by atoms with Gasteiger partial charge >= 0.3 is 6.18 Å².